The van der Waals surface area contributed by atoms with Gasteiger partial charge in [0.25, 0.3) is 11.7 Å². The Labute approximate surface area is 146 Å². The summed E-state index contributed by atoms with van der Waals surface area (Å²) in [5.41, 5.74) is 0.852. The predicted molar refractivity (Wildman–Crippen MR) is 88.4 cm³/mol. The van der Waals surface area contributed by atoms with Crippen molar-refractivity contribution in [2.75, 3.05) is 11.9 Å². The second-order valence-electron chi connectivity index (χ2n) is 4.69. The zero-order valence-electron chi connectivity index (χ0n) is 12.7. The van der Waals surface area contributed by atoms with Crippen molar-refractivity contribution < 1.29 is 23.1 Å². The van der Waals surface area contributed by atoms with E-state index in [1.54, 1.807) is 0 Å². The zero-order chi connectivity index (χ0) is 18.2. The molecule has 0 spiro atoms. The molecule has 8 heteroatoms. The maximum Gasteiger partial charge on any atom is 0.339 e. The van der Waals surface area contributed by atoms with Gasteiger partial charge in [-0.2, -0.15) is 14.0 Å². The molecule has 1 N–H and O–H groups in total. The number of amides is 1. The molecular formula is C17H12F2N2O3S. The second-order valence-corrected chi connectivity index (χ2v) is 5.72. The van der Waals surface area contributed by atoms with E-state index in [0.29, 0.717) is 11.3 Å². The third-order valence-corrected chi connectivity index (χ3v) is 3.74. The first-order valence-corrected chi connectivity index (χ1v) is 7.88. The maximum atomic E-state index is 12.5. The lowest BCUT2D eigenvalue weighted by Gasteiger charge is -2.09. The van der Waals surface area contributed by atoms with Crippen LogP contribution in [0.15, 0.2) is 53.4 Å². The fourth-order valence-corrected chi connectivity index (χ4v) is 2.50. The number of nitriles is 1. The molecule has 5 nitrogen and oxygen atoms in total. The van der Waals surface area contributed by atoms with Crippen LogP contribution in [0.4, 0.5) is 14.5 Å². The number of anilines is 1. The fourth-order valence-electron chi connectivity index (χ4n) is 1.87. The SMILES string of the molecule is N#Cc1ccc(NC(=O)COC(=O)c2ccccc2SC(F)F)cc1. The number of ether oxygens (including phenoxy) is 1. The standard InChI is InChI=1S/C17H12F2N2O3S/c18-17(19)25-14-4-2-1-3-13(14)16(23)24-10-15(22)21-12-7-5-11(9-20)6-8-12/h1-8,17H,10H2,(H,21,22). The number of halogens is 2. The molecule has 128 valence electrons. The van der Waals surface area contributed by atoms with Crippen LogP contribution in [0, 0.1) is 11.3 Å². The number of esters is 1. The van der Waals surface area contributed by atoms with E-state index in [0.717, 1.165) is 0 Å². The summed E-state index contributed by atoms with van der Waals surface area (Å²) in [6, 6.07) is 13.8. The molecule has 0 unspecified atom stereocenters. The summed E-state index contributed by atoms with van der Waals surface area (Å²) >= 11 is 0.233. The van der Waals surface area contributed by atoms with Crippen LogP contribution in [-0.2, 0) is 9.53 Å². The molecule has 2 aromatic carbocycles. The number of nitrogens with zero attached hydrogens (tertiary/aromatic N) is 1. The largest absolute Gasteiger partial charge is 0.452 e. The summed E-state index contributed by atoms with van der Waals surface area (Å²) < 4.78 is 29.9. The second kappa shape index (κ2) is 8.80. The van der Waals surface area contributed by atoms with Gasteiger partial charge in [-0.25, -0.2) is 4.79 Å². The van der Waals surface area contributed by atoms with Crippen molar-refractivity contribution in [1.29, 1.82) is 5.26 Å². The summed E-state index contributed by atoms with van der Waals surface area (Å²) in [5, 5.41) is 11.2. The number of benzene rings is 2. The molecule has 0 heterocycles. The number of hydrogen-bond acceptors (Lipinski definition) is 5. The summed E-state index contributed by atoms with van der Waals surface area (Å²) in [7, 11) is 0. The van der Waals surface area contributed by atoms with Gasteiger partial charge in [-0.1, -0.05) is 23.9 Å². The Morgan fingerprint density at radius 3 is 2.48 bits per heavy atom. The van der Waals surface area contributed by atoms with Crippen molar-refractivity contribution >= 4 is 29.3 Å². The number of alkyl halides is 2. The lowest BCUT2D eigenvalue weighted by atomic mass is 10.2. The number of nitrogens with one attached hydrogen (secondary N) is 1. The molecule has 0 saturated heterocycles. The molecule has 0 aliphatic carbocycles. The van der Waals surface area contributed by atoms with E-state index in [1.165, 1.54) is 48.5 Å². The topological polar surface area (TPSA) is 79.2 Å². The first-order chi connectivity index (χ1) is 12.0. The van der Waals surface area contributed by atoms with E-state index >= 15 is 0 Å². The molecule has 0 fully saturated rings. The van der Waals surface area contributed by atoms with Gasteiger partial charge >= 0.3 is 5.97 Å². The van der Waals surface area contributed by atoms with Crippen LogP contribution >= 0.6 is 11.8 Å². The molecule has 2 aromatic rings. The Morgan fingerprint density at radius 1 is 1.16 bits per heavy atom. The van der Waals surface area contributed by atoms with Crippen LogP contribution in [-0.4, -0.2) is 24.2 Å². The summed E-state index contributed by atoms with van der Waals surface area (Å²) in [5.74, 6) is -4.12. The quantitative estimate of drug-likeness (QED) is 0.627. The highest BCUT2D eigenvalue weighted by molar-refractivity contribution is 7.99. The number of hydrogen-bond donors (Lipinski definition) is 1. The highest BCUT2D eigenvalue weighted by Crippen LogP contribution is 2.28. The Kier molecular flexibility index (Phi) is 6.48. The molecule has 0 aromatic heterocycles. The summed E-state index contributed by atoms with van der Waals surface area (Å²) in [6.45, 7) is -0.563. The molecule has 0 atom stereocenters. The Morgan fingerprint density at radius 2 is 1.84 bits per heavy atom. The smallest absolute Gasteiger partial charge is 0.339 e. The van der Waals surface area contributed by atoms with Crippen LogP contribution in [0.2, 0.25) is 0 Å². The number of carbonyl (C=O) groups excluding carboxylic acids is 2. The van der Waals surface area contributed by atoms with Crippen molar-refractivity contribution in [2.24, 2.45) is 0 Å². The third-order valence-electron chi connectivity index (χ3n) is 2.96. The minimum atomic E-state index is -2.67. The van der Waals surface area contributed by atoms with Crippen molar-refractivity contribution in [3.8, 4) is 6.07 Å². The zero-order valence-corrected chi connectivity index (χ0v) is 13.6. The van der Waals surface area contributed by atoms with Gasteiger partial charge in [0.15, 0.2) is 6.61 Å². The van der Waals surface area contributed by atoms with Crippen LogP contribution in [0.25, 0.3) is 0 Å². The number of carbonyl (C=O) groups is 2. The maximum absolute atomic E-state index is 12.5. The molecule has 1 amide bonds. The van der Waals surface area contributed by atoms with Crippen LogP contribution in [0.3, 0.4) is 0 Å². The van der Waals surface area contributed by atoms with E-state index in [2.05, 4.69) is 5.32 Å². The normalized spacial score (nSPS) is 10.2. The van der Waals surface area contributed by atoms with Gasteiger partial charge in [0.2, 0.25) is 0 Å². The molecular weight excluding hydrogens is 350 g/mol. The average molecular weight is 362 g/mol. The van der Waals surface area contributed by atoms with Crippen molar-refractivity contribution in [1.82, 2.24) is 0 Å². The molecule has 0 bridgehead atoms. The predicted octanol–water partition coefficient (Wildman–Crippen LogP) is 3.67. The van der Waals surface area contributed by atoms with Gasteiger partial charge in [0, 0.05) is 10.6 Å². The van der Waals surface area contributed by atoms with E-state index in [9.17, 15) is 18.4 Å². The van der Waals surface area contributed by atoms with Gasteiger partial charge in [0.05, 0.1) is 17.2 Å². The van der Waals surface area contributed by atoms with Gasteiger partial charge in [-0.3, -0.25) is 4.79 Å². The molecule has 0 aliphatic rings. The minimum Gasteiger partial charge on any atom is -0.452 e. The third kappa shape index (κ3) is 5.58. The van der Waals surface area contributed by atoms with Gasteiger partial charge in [0.1, 0.15) is 0 Å². The van der Waals surface area contributed by atoms with Crippen LogP contribution in [0.5, 0.6) is 0 Å². The minimum absolute atomic E-state index is 0.0287. The average Bonchev–Trinajstić information content (AvgIpc) is 2.60. The van der Waals surface area contributed by atoms with Gasteiger partial charge < -0.3 is 10.1 Å². The van der Waals surface area contributed by atoms with Crippen LogP contribution < -0.4 is 5.32 Å². The lowest BCUT2D eigenvalue weighted by Crippen LogP contribution is -2.21. The molecule has 0 saturated carbocycles. The summed E-state index contributed by atoms with van der Waals surface area (Å²) in [6.07, 6.45) is 0. The highest BCUT2D eigenvalue weighted by Gasteiger charge is 2.17. The van der Waals surface area contributed by atoms with E-state index in [1.807, 2.05) is 6.07 Å². The molecule has 0 aliphatic heterocycles. The van der Waals surface area contributed by atoms with Crippen molar-refractivity contribution in [3.05, 3.63) is 59.7 Å². The Bertz CT molecular complexity index is 804. The lowest BCUT2D eigenvalue weighted by molar-refractivity contribution is -0.119. The Balaban J connectivity index is 1.93. The molecule has 2 rings (SSSR count). The van der Waals surface area contributed by atoms with Gasteiger partial charge in [-0.05, 0) is 36.4 Å². The number of rotatable bonds is 6. The molecule has 25 heavy (non-hydrogen) atoms. The van der Waals surface area contributed by atoms with Gasteiger partial charge in [-0.15, -0.1) is 0 Å². The fraction of sp³-hybridized carbons (Fsp3) is 0.118. The Hall–Kier alpha value is -2.92. The first kappa shape index (κ1) is 18.4. The van der Waals surface area contributed by atoms with E-state index in [-0.39, 0.29) is 22.2 Å². The first-order valence-electron chi connectivity index (χ1n) is 7.00. The number of thioether (sulfide) groups is 1. The monoisotopic (exact) mass is 362 g/mol. The van der Waals surface area contributed by atoms with Crippen molar-refractivity contribution in [2.45, 2.75) is 10.7 Å². The highest BCUT2D eigenvalue weighted by atomic mass is 32.2. The van der Waals surface area contributed by atoms with Crippen molar-refractivity contribution in [3.63, 3.8) is 0 Å². The van der Waals surface area contributed by atoms with E-state index < -0.39 is 24.2 Å². The molecule has 0 radical (unpaired) electrons. The van der Waals surface area contributed by atoms with Crippen LogP contribution in [0.1, 0.15) is 15.9 Å². The summed E-state index contributed by atoms with van der Waals surface area (Å²) in [4.78, 5) is 23.9. The van der Waals surface area contributed by atoms with E-state index in [4.69, 9.17) is 10.00 Å².